The highest BCUT2D eigenvalue weighted by Gasteiger charge is 2.29. The molecule has 0 fully saturated rings. The minimum absolute atomic E-state index is 0.0289. The van der Waals surface area contributed by atoms with Crippen LogP contribution in [0.4, 0.5) is 15.9 Å². The Balaban J connectivity index is 1.47. The zero-order valence-corrected chi connectivity index (χ0v) is 19.8. The molecular formula is C28H20FN5O4. The summed E-state index contributed by atoms with van der Waals surface area (Å²) < 4.78 is 27.7. The second-order valence-electron chi connectivity index (χ2n) is 8.52. The van der Waals surface area contributed by atoms with Crippen LogP contribution in [0.25, 0.3) is 27.7 Å². The van der Waals surface area contributed by atoms with Gasteiger partial charge in [-0.1, -0.05) is 30.8 Å². The van der Waals surface area contributed by atoms with Crippen LogP contribution in [-0.2, 0) is 11.4 Å². The SMILES string of the molecule is C=CC(=O)Nc1c(F)ccc2c1COc1[nH]c(=O)c3c(N)n(-c4ccc(Oc5ccccc5)cc4)nc3c1-2. The van der Waals surface area contributed by atoms with Crippen molar-refractivity contribution < 1.29 is 18.7 Å². The fourth-order valence-corrected chi connectivity index (χ4v) is 4.46. The van der Waals surface area contributed by atoms with Crippen LogP contribution in [0.3, 0.4) is 0 Å². The molecule has 6 rings (SSSR count). The number of hydrogen-bond donors (Lipinski definition) is 3. The van der Waals surface area contributed by atoms with Gasteiger partial charge in [-0.2, -0.15) is 5.10 Å². The Morgan fingerprint density at radius 3 is 2.61 bits per heavy atom. The van der Waals surface area contributed by atoms with Gasteiger partial charge in [0.2, 0.25) is 11.8 Å². The second-order valence-corrected chi connectivity index (χ2v) is 8.52. The van der Waals surface area contributed by atoms with Crippen LogP contribution in [0.1, 0.15) is 5.56 Å². The largest absolute Gasteiger partial charge is 0.473 e. The van der Waals surface area contributed by atoms with Crippen molar-refractivity contribution in [3.8, 4) is 34.2 Å². The number of nitrogens with one attached hydrogen (secondary N) is 2. The number of rotatable bonds is 5. The number of carbonyl (C=O) groups is 1. The van der Waals surface area contributed by atoms with Gasteiger partial charge in [0, 0.05) is 5.56 Å². The van der Waals surface area contributed by atoms with E-state index in [1.54, 1.807) is 30.3 Å². The van der Waals surface area contributed by atoms with Crippen molar-refractivity contribution in [3.05, 3.63) is 101 Å². The molecule has 188 valence electrons. The lowest BCUT2D eigenvalue weighted by Crippen LogP contribution is -2.18. The summed E-state index contributed by atoms with van der Waals surface area (Å²) in [6.45, 7) is 3.34. The molecular weight excluding hydrogens is 489 g/mol. The number of para-hydroxylation sites is 1. The van der Waals surface area contributed by atoms with Gasteiger partial charge >= 0.3 is 0 Å². The van der Waals surface area contributed by atoms with Crippen LogP contribution in [-0.4, -0.2) is 20.7 Å². The fourth-order valence-electron chi connectivity index (χ4n) is 4.46. The molecule has 0 saturated heterocycles. The Kier molecular flexibility index (Phi) is 5.42. The predicted octanol–water partition coefficient (Wildman–Crippen LogP) is 4.91. The minimum atomic E-state index is -0.630. The van der Waals surface area contributed by atoms with Crippen LogP contribution in [0.2, 0.25) is 0 Å². The quantitative estimate of drug-likeness (QED) is 0.289. The molecule has 2 aromatic heterocycles. The first kappa shape index (κ1) is 23.0. The lowest BCUT2D eigenvalue weighted by Gasteiger charge is -2.23. The molecule has 0 unspecified atom stereocenters. The van der Waals surface area contributed by atoms with Crippen molar-refractivity contribution in [1.82, 2.24) is 14.8 Å². The number of nitrogens with zero attached hydrogens (tertiary/aromatic N) is 2. The van der Waals surface area contributed by atoms with Gasteiger partial charge in [0.1, 0.15) is 40.6 Å². The first-order valence-corrected chi connectivity index (χ1v) is 11.6. The normalized spacial score (nSPS) is 11.8. The molecule has 0 saturated carbocycles. The molecule has 4 N–H and O–H groups in total. The van der Waals surface area contributed by atoms with E-state index in [1.165, 1.54) is 10.7 Å². The van der Waals surface area contributed by atoms with E-state index in [4.69, 9.17) is 15.2 Å². The van der Waals surface area contributed by atoms with Crippen LogP contribution in [0, 0.1) is 5.82 Å². The van der Waals surface area contributed by atoms with E-state index in [1.807, 2.05) is 30.3 Å². The summed E-state index contributed by atoms with van der Waals surface area (Å²) >= 11 is 0. The second kappa shape index (κ2) is 8.93. The molecule has 0 aliphatic carbocycles. The first-order valence-electron chi connectivity index (χ1n) is 11.6. The highest BCUT2D eigenvalue weighted by atomic mass is 19.1. The number of aromatic amines is 1. The number of anilines is 2. The number of halogens is 1. The lowest BCUT2D eigenvalue weighted by molar-refractivity contribution is -0.111. The number of amides is 1. The molecule has 9 nitrogen and oxygen atoms in total. The maximum atomic E-state index is 14.7. The molecule has 1 aliphatic heterocycles. The summed E-state index contributed by atoms with van der Waals surface area (Å²) in [5.41, 5.74) is 8.16. The average molecular weight is 509 g/mol. The third-order valence-electron chi connectivity index (χ3n) is 6.23. The van der Waals surface area contributed by atoms with Gasteiger partial charge in [0.25, 0.3) is 5.56 Å². The molecule has 3 aromatic carbocycles. The lowest BCUT2D eigenvalue weighted by atomic mass is 9.95. The molecule has 0 bridgehead atoms. The average Bonchev–Trinajstić information content (AvgIpc) is 3.28. The third kappa shape index (κ3) is 3.75. The molecule has 1 aliphatic rings. The van der Waals surface area contributed by atoms with Crippen LogP contribution >= 0.6 is 0 Å². The van der Waals surface area contributed by atoms with Crippen LogP contribution < -0.4 is 26.1 Å². The Morgan fingerprint density at radius 2 is 1.87 bits per heavy atom. The zero-order valence-electron chi connectivity index (χ0n) is 19.8. The van der Waals surface area contributed by atoms with Gasteiger partial charge in [-0.05, 0) is 54.1 Å². The number of nitrogen functional groups attached to an aromatic ring is 1. The summed E-state index contributed by atoms with van der Waals surface area (Å²) in [6.07, 6.45) is 1.05. The van der Waals surface area contributed by atoms with E-state index in [0.717, 1.165) is 6.08 Å². The minimum Gasteiger partial charge on any atom is -0.473 e. The summed E-state index contributed by atoms with van der Waals surface area (Å²) in [4.78, 5) is 27.6. The number of aromatic nitrogens is 3. The van der Waals surface area contributed by atoms with E-state index < -0.39 is 17.3 Å². The van der Waals surface area contributed by atoms with Crippen LogP contribution in [0.15, 0.2) is 84.2 Å². The molecule has 5 aromatic rings. The Morgan fingerprint density at radius 1 is 1.13 bits per heavy atom. The van der Waals surface area contributed by atoms with E-state index in [0.29, 0.717) is 33.9 Å². The molecule has 0 spiro atoms. The zero-order chi connectivity index (χ0) is 26.4. The maximum Gasteiger partial charge on any atom is 0.264 e. The number of nitrogens with two attached hydrogens (primary N) is 1. The van der Waals surface area contributed by atoms with Crippen molar-refractivity contribution in [2.24, 2.45) is 0 Å². The maximum absolute atomic E-state index is 14.7. The smallest absolute Gasteiger partial charge is 0.264 e. The Bertz CT molecular complexity index is 1790. The van der Waals surface area contributed by atoms with Crippen molar-refractivity contribution >= 4 is 28.3 Å². The van der Waals surface area contributed by atoms with E-state index in [9.17, 15) is 14.0 Å². The van der Waals surface area contributed by atoms with E-state index in [-0.39, 0.29) is 34.9 Å². The van der Waals surface area contributed by atoms with Gasteiger partial charge < -0.3 is 20.5 Å². The Labute approximate surface area is 214 Å². The molecule has 38 heavy (non-hydrogen) atoms. The van der Waals surface area contributed by atoms with Crippen molar-refractivity contribution in [2.75, 3.05) is 11.1 Å². The van der Waals surface area contributed by atoms with Gasteiger partial charge in [-0.15, -0.1) is 0 Å². The molecule has 10 heteroatoms. The molecule has 0 radical (unpaired) electrons. The van der Waals surface area contributed by atoms with E-state index >= 15 is 0 Å². The number of benzene rings is 3. The summed E-state index contributed by atoms with van der Waals surface area (Å²) in [7, 11) is 0. The summed E-state index contributed by atoms with van der Waals surface area (Å²) in [5.74, 6) is 0.414. The summed E-state index contributed by atoms with van der Waals surface area (Å²) in [5, 5.41) is 7.31. The number of H-pyrrole nitrogens is 1. The van der Waals surface area contributed by atoms with Gasteiger partial charge in [0.15, 0.2) is 0 Å². The van der Waals surface area contributed by atoms with Crippen molar-refractivity contribution in [1.29, 1.82) is 0 Å². The molecule has 3 heterocycles. The third-order valence-corrected chi connectivity index (χ3v) is 6.23. The number of ether oxygens (including phenoxy) is 2. The van der Waals surface area contributed by atoms with E-state index in [2.05, 4.69) is 22.0 Å². The van der Waals surface area contributed by atoms with Gasteiger partial charge in [-0.25, -0.2) is 9.07 Å². The Hall–Kier alpha value is -5.38. The topological polar surface area (TPSA) is 124 Å². The number of fused-ring (bicyclic) bond motifs is 5. The summed E-state index contributed by atoms with van der Waals surface area (Å²) in [6, 6.07) is 19.2. The molecule has 0 atom stereocenters. The molecule has 1 amide bonds. The first-order chi connectivity index (χ1) is 18.4. The van der Waals surface area contributed by atoms with Crippen molar-refractivity contribution in [3.63, 3.8) is 0 Å². The number of pyridine rings is 1. The van der Waals surface area contributed by atoms with Gasteiger partial charge in [-0.3, -0.25) is 14.6 Å². The highest BCUT2D eigenvalue weighted by Crippen LogP contribution is 2.43. The van der Waals surface area contributed by atoms with Crippen LogP contribution in [0.5, 0.6) is 17.4 Å². The van der Waals surface area contributed by atoms with Gasteiger partial charge in [0.05, 0.1) is 16.9 Å². The van der Waals surface area contributed by atoms with Crippen molar-refractivity contribution in [2.45, 2.75) is 6.61 Å². The highest BCUT2D eigenvalue weighted by molar-refractivity contribution is 6.04. The monoisotopic (exact) mass is 509 g/mol. The fraction of sp³-hybridized carbons (Fsp3) is 0.0357. The standard InChI is InChI=1S/C28H20FN5O4/c1-2-21(35)31-24-19-14-37-28-22(18(19)12-13-20(24)29)25-23(27(36)32-28)26(30)34(33-25)15-8-10-17(11-9-15)38-16-6-4-3-5-7-16/h2-13H,1,14,30H2,(H,31,35)(H,32,36). The predicted molar refractivity (Wildman–Crippen MR) is 141 cm³/mol. The number of carbonyl (C=O) groups excluding carboxylic acids is 1. The number of hydrogen-bond acceptors (Lipinski definition) is 6.